The van der Waals surface area contributed by atoms with Crippen LogP contribution in [0.15, 0.2) is 39.6 Å². The van der Waals surface area contributed by atoms with E-state index in [1.807, 2.05) is 0 Å². The molecule has 0 bridgehead atoms. The number of ether oxygens (including phenoxy) is 2. The summed E-state index contributed by atoms with van der Waals surface area (Å²) in [4.78, 5) is 24.3. The summed E-state index contributed by atoms with van der Waals surface area (Å²) < 4.78 is 42.1. The van der Waals surface area contributed by atoms with Gasteiger partial charge in [0.25, 0.3) is 5.91 Å². The lowest BCUT2D eigenvalue weighted by atomic mass is 10.2. The Morgan fingerprint density at radius 1 is 1.10 bits per heavy atom. The van der Waals surface area contributed by atoms with E-state index >= 15 is 0 Å². The van der Waals surface area contributed by atoms with Crippen LogP contribution in [0.2, 0.25) is 0 Å². The van der Waals surface area contributed by atoms with Crippen LogP contribution in [0, 0.1) is 6.92 Å². The van der Waals surface area contributed by atoms with Crippen LogP contribution >= 0.6 is 0 Å². The Morgan fingerprint density at radius 2 is 1.77 bits per heavy atom. The second-order valence-corrected chi connectivity index (χ2v) is 8.84. The molecule has 1 aliphatic rings. The van der Waals surface area contributed by atoms with E-state index in [1.54, 1.807) is 18.2 Å². The third-order valence-electron chi connectivity index (χ3n) is 4.67. The first-order chi connectivity index (χ1) is 14.8. The van der Waals surface area contributed by atoms with Crippen molar-refractivity contribution in [3.05, 3.63) is 41.9 Å². The van der Waals surface area contributed by atoms with Gasteiger partial charge in [0.15, 0.2) is 5.76 Å². The van der Waals surface area contributed by atoms with E-state index in [-0.39, 0.29) is 29.6 Å². The summed E-state index contributed by atoms with van der Waals surface area (Å²) in [6.45, 7) is 2.82. The molecule has 0 unspecified atom stereocenters. The number of hydrogen-bond acceptors (Lipinski definition) is 7. The van der Waals surface area contributed by atoms with E-state index in [1.165, 1.54) is 30.5 Å². The van der Waals surface area contributed by atoms with Crippen molar-refractivity contribution in [1.29, 1.82) is 0 Å². The third kappa shape index (κ3) is 5.63. The minimum Gasteiger partial charge on any atom is -0.455 e. The quantitative estimate of drug-likeness (QED) is 0.591. The molecule has 0 saturated carbocycles. The largest absolute Gasteiger partial charge is 0.455 e. The number of benzene rings is 1. The fourth-order valence-corrected chi connectivity index (χ4v) is 4.82. The van der Waals surface area contributed by atoms with Gasteiger partial charge in [0, 0.05) is 37.6 Å². The Balaban J connectivity index is 1.67. The van der Waals surface area contributed by atoms with Gasteiger partial charge in [0.05, 0.1) is 6.61 Å². The highest BCUT2D eigenvalue weighted by Crippen LogP contribution is 2.27. The molecule has 2 aromatic rings. The highest BCUT2D eigenvalue weighted by molar-refractivity contribution is 7.89. The number of nitrogens with one attached hydrogen (secondary N) is 2. The van der Waals surface area contributed by atoms with E-state index in [0.717, 1.165) is 12.8 Å². The Kier molecular flexibility index (Phi) is 7.31. The predicted molar refractivity (Wildman–Crippen MR) is 113 cm³/mol. The van der Waals surface area contributed by atoms with Gasteiger partial charge in [-0.1, -0.05) is 6.07 Å². The first-order valence-corrected chi connectivity index (χ1v) is 11.2. The molecule has 2 N–H and O–H groups in total. The zero-order valence-electron chi connectivity index (χ0n) is 17.3. The van der Waals surface area contributed by atoms with Gasteiger partial charge in [-0.15, -0.1) is 0 Å². The van der Waals surface area contributed by atoms with Crippen LogP contribution in [0.4, 0.5) is 16.2 Å². The summed E-state index contributed by atoms with van der Waals surface area (Å²) in [5, 5.41) is 5.17. The van der Waals surface area contributed by atoms with E-state index in [0.29, 0.717) is 24.5 Å². The number of hydrogen-bond donors (Lipinski definition) is 2. The van der Waals surface area contributed by atoms with Gasteiger partial charge >= 0.3 is 6.09 Å². The van der Waals surface area contributed by atoms with Crippen LogP contribution in [0.3, 0.4) is 0 Å². The van der Waals surface area contributed by atoms with Crippen LogP contribution in [-0.4, -0.2) is 58.1 Å². The van der Waals surface area contributed by atoms with Crippen molar-refractivity contribution < 1.29 is 31.9 Å². The summed E-state index contributed by atoms with van der Waals surface area (Å²) in [5.41, 5.74) is 0.797. The monoisotopic (exact) mass is 451 g/mol. The molecule has 0 spiro atoms. The SMILES string of the molecule is COCCOC(=O)Nc1cccc(NC(=O)c2cc(S(=O)(=O)N3CCCC3)c(C)o2)c1. The summed E-state index contributed by atoms with van der Waals surface area (Å²) in [7, 11) is -2.20. The number of nitrogens with zero attached hydrogens (tertiary/aromatic N) is 1. The van der Waals surface area contributed by atoms with Crippen LogP contribution in [0.5, 0.6) is 0 Å². The Morgan fingerprint density at radius 3 is 2.45 bits per heavy atom. The number of aryl methyl sites for hydroxylation is 1. The molecular weight excluding hydrogens is 426 g/mol. The molecule has 168 valence electrons. The van der Waals surface area contributed by atoms with Crippen molar-refractivity contribution in [2.45, 2.75) is 24.7 Å². The fraction of sp³-hybridized carbons (Fsp3) is 0.400. The van der Waals surface area contributed by atoms with E-state index in [2.05, 4.69) is 10.6 Å². The summed E-state index contributed by atoms with van der Waals surface area (Å²) >= 11 is 0. The van der Waals surface area contributed by atoms with Gasteiger partial charge in [-0.2, -0.15) is 4.31 Å². The molecule has 1 aliphatic heterocycles. The molecule has 0 radical (unpaired) electrons. The van der Waals surface area contributed by atoms with Gasteiger partial charge in [0.1, 0.15) is 17.3 Å². The molecule has 1 saturated heterocycles. The Hall–Kier alpha value is -2.89. The maximum atomic E-state index is 12.8. The Bertz CT molecular complexity index is 1040. The molecule has 1 aromatic carbocycles. The average Bonchev–Trinajstić information content (AvgIpc) is 3.39. The number of furan rings is 1. The number of amides is 2. The molecule has 2 amide bonds. The molecule has 1 fully saturated rings. The van der Waals surface area contributed by atoms with Crippen molar-refractivity contribution in [3.63, 3.8) is 0 Å². The van der Waals surface area contributed by atoms with Crippen LogP contribution in [0.25, 0.3) is 0 Å². The van der Waals surface area contributed by atoms with Gasteiger partial charge in [-0.25, -0.2) is 13.2 Å². The summed E-state index contributed by atoms with van der Waals surface area (Å²) in [6, 6.07) is 7.67. The number of rotatable bonds is 8. The van der Waals surface area contributed by atoms with E-state index in [4.69, 9.17) is 13.9 Å². The number of sulfonamides is 1. The lowest BCUT2D eigenvalue weighted by Gasteiger charge is -2.14. The first kappa shape index (κ1) is 22.8. The molecule has 3 rings (SSSR count). The maximum absolute atomic E-state index is 12.8. The predicted octanol–water partition coefficient (Wildman–Crippen LogP) is 2.82. The van der Waals surface area contributed by atoms with Crippen molar-refractivity contribution in [2.75, 3.05) is 44.0 Å². The van der Waals surface area contributed by atoms with Gasteiger partial charge in [0.2, 0.25) is 10.0 Å². The molecular formula is C20H25N3O7S. The van der Waals surface area contributed by atoms with Gasteiger partial charge in [-0.3, -0.25) is 10.1 Å². The minimum atomic E-state index is -3.70. The van der Waals surface area contributed by atoms with Crippen LogP contribution in [-0.2, 0) is 19.5 Å². The van der Waals surface area contributed by atoms with Crippen LogP contribution in [0.1, 0.15) is 29.2 Å². The van der Waals surface area contributed by atoms with Crippen molar-refractivity contribution in [2.24, 2.45) is 0 Å². The highest BCUT2D eigenvalue weighted by Gasteiger charge is 2.31. The molecule has 10 nitrogen and oxygen atoms in total. The van der Waals surface area contributed by atoms with Gasteiger partial charge in [-0.05, 0) is 38.0 Å². The zero-order chi connectivity index (χ0) is 22.4. The number of methoxy groups -OCH3 is 1. The molecule has 1 aromatic heterocycles. The summed E-state index contributed by atoms with van der Waals surface area (Å²) in [6.07, 6.45) is 0.973. The normalized spacial score (nSPS) is 14.4. The van der Waals surface area contributed by atoms with E-state index in [9.17, 15) is 18.0 Å². The number of carbonyl (C=O) groups is 2. The molecule has 11 heteroatoms. The number of carbonyl (C=O) groups excluding carboxylic acids is 2. The lowest BCUT2D eigenvalue weighted by molar-refractivity contribution is 0.0995. The van der Waals surface area contributed by atoms with Crippen molar-refractivity contribution >= 4 is 33.4 Å². The third-order valence-corrected chi connectivity index (χ3v) is 6.67. The first-order valence-electron chi connectivity index (χ1n) is 9.76. The fourth-order valence-electron chi connectivity index (χ4n) is 3.14. The molecule has 31 heavy (non-hydrogen) atoms. The van der Waals surface area contributed by atoms with Crippen LogP contribution < -0.4 is 10.6 Å². The van der Waals surface area contributed by atoms with Crippen molar-refractivity contribution in [1.82, 2.24) is 4.31 Å². The highest BCUT2D eigenvalue weighted by atomic mass is 32.2. The average molecular weight is 452 g/mol. The molecule has 0 atom stereocenters. The zero-order valence-corrected chi connectivity index (χ0v) is 18.2. The molecule has 2 heterocycles. The van der Waals surface area contributed by atoms with E-state index < -0.39 is 22.0 Å². The topological polar surface area (TPSA) is 127 Å². The summed E-state index contributed by atoms with van der Waals surface area (Å²) in [5.74, 6) is -0.565. The minimum absolute atomic E-state index is 0.00577. The smallest absolute Gasteiger partial charge is 0.411 e. The van der Waals surface area contributed by atoms with Gasteiger partial charge < -0.3 is 19.2 Å². The standard InChI is InChI=1S/C20H25N3O7S/c1-14-18(31(26,27)23-8-3-4-9-23)13-17(30-14)19(24)21-15-6-5-7-16(12-15)22-20(25)29-11-10-28-2/h5-7,12-13H,3-4,8-11H2,1-2H3,(H,21,24)(H,22,25). The van der Waals surface area contributed by atoms with Crippen molar-refractivity contribution in [3.8, 4) is 0 Å². The maximum Gasteiger partial charge on any atom is 0.411 e. The Labute approximate surface area is 180 Å². The second-order valence-electron chi connectivity index (χ2n) is 6.93. The number of anilines is 2. The molecule has 0 aliphatic carbocycles. The second kappa shape index (κ2) is 9.94. The lowest BCUT2D eigenvalue weighted by Crippen LogP contribution is -2.28.